The molecule has 0 aliphatic heterocycles. The third kappa shape index (κ3) is 2.34. The van der Waals surface area contributed by atoms with Gasteiger partial charge in [0, 0.05) is 6.20 Å². The van der Waals surface area contributed by atoms with Crippen molar-refractivity contribution < 1.29 is 4.52 Å². The number of nitrogens with zero attached hydrogens (tertiary/aromatic N) is 3. The smallest absolute Gasteiger partial charge is 0.244 e. The molecule has 0 bridgehead atoms. The molecule has 0 aromatic carbocycles. The second kappa shape index (κ2) is 5.05. The molecule has 1 atom stereocenters. The fourth-order valence-electron chi connectivity index (χ4n) is 1.69. The first kappa shape index (κ1) is 11.7. The van der Waals surface area contributed by atoms with Crippen LogP contribution in [0.2, 0.25) is 0 Å². The maximum Gasteiger partial charge on any atom is 0.244 e. The van der Waals surface area contributed by atoms with E-state index in [9.17, 15) is 0 Å². The number of aromatic nitrogens is 3. The minimum absolute atomic E-state index is 0.0975. The molecule has 2 aromatic heterocycles. The molecule has 0 amide bonds. The average Bonchev–Trinajstić information content (AvgIpc) is 2.81. The molecule has 5 heteroatoms. The van der Waals surface area contributed by atoms with E-state index in [1.54, 1.807) is 6.20 Å². The Hall–Kier alpha value is -1.75. The summed E-state index contributed by atoms with van der Waals surface area (Å²) in [6.07, 6.45) is 2.63. The topological polar surface area (TPSA) is 63.8 Å². The molecule has 17 heavy (non-hydrogen) atoms. The van der Waals surface area contributed by atoms with Gasteiger partial charge in [0.25, 0.3) is 0 Å². The number of nitrogens with one attached hydrogen (secondary N) is 1. The summed E-state index contributed by atoms with van der Waals surface area (Å²) in [7, 11) is 1.88. The third-order valence-electron chi connectivity index (χ3n) is 2.72. The first-order valence-electron chi connectivity index (χ1n) is 5.69. The summed E-state index contributed by atoms with van der Waals surface area (Å²) < 4.78 is 5.25. The van der Waals surface area contributed by atoms with Crippen molar-refractivity contribution in [3.63, 3.8) is 0 Å². The van der Waals surface area contributed by atoms with E-state index in [1.807, 2.05) is 26.1 Å². The molecule has 2 aromatic rings. The molecule has 5 nitrogen and oxygen atoms in total. The molecular weight excluding hydrogens is 216 g/mol. The second-order valence-electron chi connectivity index (χ2n) is 3.87. The van der Waals surface area contributed by atoms with Crippen molar-refractivity contribution in [3.05, 3.63) is 29.8 Å². The molecule has 0 saturated carbocycles. The van der Waals surface area contributed by atoms with E-state index in [2.05, 4.69) is 27.4 Å². The Morgan fingerprint density at radius 1 is 1.47 bits per heavy atom. The molecule has 1 unspecified atom stereocenters. The largest absolute Gasteiger partial charge is 0.337 e. The summed E-state index contributed by atoms with van der Waals surface area (Å²) in [4.78, 5) is 8.65. The predicted octanol–water partition coefficient (Wildman–Crippen LogP) is 2.11. The second-order valence-corrected chi connectivity index (χ2v) is 3.87. The van der Waals surface area contributed by atoms with E-state index in [4.69, 9.17) is 4.52 Å². The Kier molecular flexibility index (Phi) is 3.49. The molecule has 0 radical (unpaired) electrons. The Bertz CT molecular complexity index is 491. The monoisotopic (exact) mass is 232 g/mol. The van der Waals surface area contributed by atoms with E-state index in [-0.39, 0.29) is 6.04 Å². The van der Waals surface area contributed by atoms with Gasteiger partial charge in [-0.15, -0.1) is 0 Å². The summed E-state index contributed by atoms with van der Waals surface area (Å²) >= 11 is 0. The molecule has 0 aliphatic rings. The van der Waals surface area contributed by atoms with E-state index in [0.717, 1.165) is 17.7 Å². The molecular formula is C12H16N4O. The van der Waals surface area contributed by atoms with Crippen LogP contribution in [0.1, 0.15) is 30.8 Å². The lowest BCUT2D eigenvalue weighted by Crippen LogP contribution is -2.15. The minimum atomic E-state index is 0.0975. The van der Waals surface area contributed by atoms with Crippen LogP contribution in [0.25, 0.3) is 11.5 Å². The van der Waals surface area contributed by atoms with Crippen molar-refractivity contribution in [1.82, 2.24) is 20.4 Å². The van der Waals surface area contributed by atoms with E-state index in [0.29, 0.717) is 11.7 Å². The number of pyridine rings is 1. The molecule has 90 valence electrons. The summed E-state index contributed by atoms with van der Waals surface area (Å²) in [6.45, 7) is 4.05. The molecule has 1 N–H and O–H groups in total. The van der Waals surface area contributed by atoms with Gasteiger partial charge in [0.15, 0.2) is 0 Å². The molecule has 0 aliphatic carbocycles. The van der Waals surface area contributed by atoms with Gasteiger partial charge >= 0.3 is 0 Å². The quantitative estimate of drug-likeness (QED) is 0.874. The van der Waals surface area contributed by atoms with Crippen LogP contribution in [0, 0.1) is 6.92 Å². The standard InChI is InChI=1S/C12H16N4O/c1-4-9(13-3)12-15-11(16-17-12)10-8(2)6-5-7-14-10/h5-7,9,13H,4H2,1-3H3. The fourth-order valence-corrected chi connectivity index (χ4v) is 1.69. The van der Waals surface area contributed by atoms with Gasteiger partial charge in [-0.1, -0.05) is 18.1 Å². The van der Waals surface area contributed by atoms with E-state index < -0.39 is 0 Å². The van der Waals surface area contributed by atoms with Crippen LogP contribution in [0.15, 0.2) is 22.9 Å². The SMILES string of the molecule is CCC(NC)c1nc(-c2ncccc2C)no1. The molecule has 2 rings (SSSR count). The van der Waals surface area contributed by atoms with Crippen LogP contribution in [-0.4, -0.2) is 22.2 Å². The highest BCUT2D eigenvalue weighted by Gasteiger charge is 2.17. The van der Waals surface area contributed by atoms with Crippen LogP contribution in [0.4, 0.5) is 0 Å². The highest BCUT2D eigenvalue weighted by atomic mass is 16.5. The van der Waals surface area contributed by atoms with Gasteiger partial charge in [-0.2, -0.15) is 4.98 Å². The van der Waals surface area contributed by atoms with Crippen LogP contribution < -0.4 is 5.32 Å². The summed E-state index contributed by atoms with van der Waals surface area (Å²) in [6, 6.07) is 3.97. The van der Waals surface area contributed by atoms with Gasteiger partial charge in [0.2, 0.25) is 11.7 Å². The van der Waals surface area contributed by atoms with Crippen molar-refractivity contribution in [2.24, 2.45) is 0 Å². The number of hydrogen-bond acceptors (Lipinski definition) is 5. The van der Waals surface area contributed by atoms with Crippen molar-refractivity contribution >= 4 is 0 Å². The lowest BCUT2D eigenvalue weighted by molar-refractivity contribution is 0.334. The molecule has 0 saturated heterocycles. The number of hydrogen-bond donors (Lipinski definition) is 1. The zero-order chi connectivity index (χ0) is 12.3. The number of rotatable bonds is 4. The third-order valence-corrected chi connectivity index (χ3v) is 2.72. The van der Waals surface area contributed by atoms with Crippen LogP contribution in [0.5, 0.6) is 0 Å². The first-order chi connectivity index (χ1) is 8.26. The van der Waals surface area contributed by atoms with Crippen LogP contribution in [-0.2, 0) is 0 Å². The van der Waals surface area contributed by atoms with Crippen molar-refractivity contribution in [2.45, 2.75) is 26.3 Å². The van der Waals surface area contributed by atoms with Crippen LogP contribution >= 0.6 is 0 Å². The van der Waals surface area contributed by atoms with Gasteiger partial charge in [-0.25, -0.2) is 0 Å². The highest BCUT2D eigenvalue weighted by molar-refractivity contribution is 5.53. The number of aryl methyl sites for hydroxylation is 1. The van der Waals surface area contributed by atoms with E-state index in [1.165, 1.54) is 0 Å². The molecule has 0 fully saturated rings. The fraction of sp³-hybridized carbons (Fsp3) is 0.417. The van der Waals surface area contributed by atoms with Gasteiger partial charge in [0.1, 0.15) is 5.69 Å². The van der Waals surface area contributed by atoms with Crippen molar-refractivity contribution in [1.29, 1.82) is 0 Å². The zero-order valence-electron chi connectivity index (χ0n) is 10.3. The average molecular weight is 232 g/mol. The Labute approximate surface area is 100 Å². The van der Waals surface area contributed by atoms with E-state index >= 15 is 0 Å². The van der Waals surface area contributed by atoms with Crippen molar-refractivity contribution in [2.75, 3.05) is 7.05 Å². The first-order valence-corrected chi connectivity index (χ1v) is 5.69. The normalized spacial score (nSPS) is 12.6. The van der Waals surface area contributed by atoms with Gasteiger partial charge < -0.3 is 9.84 Å². The minimum Gasteiger partial charge on any atom is -0.337 e. The van der Waals surface area contributed by atoms with Gasteiger partial charge in [-0.05, 0) is 32.0 Å². The Morgan fingerprint density at radius 3 is 2.94 bits per heavy atom. The zero-order valence-corrected chi connectivity index (χ0v) is 10.3. The lowest BCUT2D eigenvalue weighted by atomic mass is 10.2. The maximum atomic E-state index is 5.25. The highest BCUT2D eigenvalue weighted by Crippen LogP contribution is 2.20. The van der Waals surface area contributed by atoms with Gasteiger partial charge in [-0.3, -0.25) is 4.98 Å². The van der Waals surface area contributed by atoms with Crippen molar-refractivity contribution in [3.8, 4) is 11.5 Å². The van der Waals surface area contributed by atoms with Crippen LogP contribution in [0.3, 0.4) is 0 Å². The maximum absolute atomic E-state index is 5.25. The Balaban J connectivity index is 2.33. The predicted molar refractivity (Wildman–Crippen MR) is 64.4 cm³/mol. The molecule has 0 spiro atoms. The lowest BCUT2D eigenvalue weighted by Gasteiger charge is -2.06. The summed E-state index contributed by atoms with van der Waals surface area (Å²) in [5.74, 6) is 1.15. The summed E-state index contributed by atoms with van der Waals surface area (Å²) in [5.41, 5.74) is 1.81. The summed E-state index contributed by atoms with van der Waals surface area (Å²) in [5, 5.41) is 7.11. The Morgan fingerprint density at radius 2 is 2.29 bits per heavy atom. The molecule has 2 heterocycles. The van der Waals surface area contributed by atoms with Gasteiger partial charge in [0.05, 0.1) is 6.04 Å².